The van der Waals surface area contributed by atoms with Crippen LogP contribution in [0.25, 0.3) is 0 Å². The fraction of sp³-hybridized carbons (Fsp3) is 0.231. The molecule has 5 heteroatoms. The number of rotatable bonds is 1. The van der Waals surface area contributed by atoms with Crippen LogP contribution in [0.1, 0.15) is 11.4 Å². The third-order valence-corrected chi connectivity index (χ3v) is 3.09. The molecule has 1 aliphatic rings. The number of urea groups is 1. The molecule has 5 nitrogen and oxygen atoms in total. The Hall–Kier alpha value is -2.30. The Balaban J connectivity index is 1.68. The maximum absolute atomic E-state index is 12.1. The summed E-state index contributed by atoms with van der Waals surface area (Å²) >= 11 is 0. The number of aromatic nitrogens is 2. The summed E-state index contributed by atoms with van der Waals surface area (Å²) in [4.78, 5) is 21.2. The minimum absolute atomic E-state index is 0.0681. The van der Waals surface area contributed by atoms with Crippen molar-refractivity contribution < 1.29 is 4.79 Å². The molecule has 0 radical (unpaired) electrons. The predicted molar refractivity (Wildman–Crippen MR) is 68.2 cm³/mol. The first kappa shape index (κ1) is 10.8. The molecule has 18 heavy (non-hydrogen) atoms. The molecular formula is C13H14N4O. The zero-order valence-corrected chi connectivity index (χ0v) is 9.89. The maximum atomic E-state index is 12.1. The number of carbonyl (C=O) groups excluding carboxylic acids is 1. The molecule has 0 saturated heterocycles. The van der Waals surface area contributed by atoms with E-state index in [1.807, 2.05) is 30.3 Å². The van der Waals surface area contributed by atoms with E-state index in [2.05, 4.69) is 15.3 Å². The van der Waals surface area contributed by atoms with Gasteiger partial charge in [-0.05, 0) is 12.1 Å². The summed E-state index contributed by atoms with van der Waals surface area (Å²) in [6.45, 7) is 1.30. The van der Waals surface area contributed by atoms with Gasteiger partial charge in [0.1, 0.15) is 0 Å². The van der Waals surface area contributed by atoms with Gasteiger partial charge in [0.15, 0.2) is 0 Å². The quantitative estimate of drug-likeness (QED) is 0.803. The molecule has 2 aromatic rings. The standard InChI is InChI=1S/C13H14N4O/c18-13(16-10-4-2-1-3-5-10)17-7-6-11-12(8-17)15-9-14-11/h1-5,9H,6-8H2,(H,14,15)(H,16,18). The van der Waals surface area contributed by atoms with Crippen molar-refractivity contribution in [3.8, 4) is 0 Å². The van der Waals surface area contributed by atoms with E-state index < -0.39 is 0 Å². The van der Waals surface area contributed by atoms with Gasteiger partial charge in [-0.2, -0.15) is 0 Å². The van der Waals surface area contributed by atoms with Crippen molar-refractivity contribution in [1.82, 2.24) is 14.9 Å². The van der Waals surface area contributed by atoms with Crippen LogP contribution in [0.15, 0.2) is 36.7 Å². The fourth-order valence-electron chi connectivity index (χ4n) is 2.11. The number of hydrogen-bond acceptors (Lipinski definition) is 2. The molecule has 92 valence electrons. The lowest BCUT2D eigenvalue weighted by atomic mass is 10.1. The molecule has 0 unspecified atom stereocenters. The van der Waals surface area contributed by atoms with Crippen LogP contribution < -0.4 is 5.32 Å². The van der Waals surface area contributed by atoms with E-state index in [0.717, 1.165) is 23.5 Å². The molecule has 0 saturated carbocycles. The van der Waals surface area contributed by atoms with Crippen molar-refractivity contribution in [3.63, 3.8) is 0 Å². The minimum Gasteiger partial charge on any atom is -0.347 e. The van der Waals surface area contributed by atoms with Gasteiger partial charge in [0.25, 0.3) is 0 Å². The number of hydrogen-bond donors (Lipinski definition) is 2. The molecule has 0 atom stereocenters. The number of amides is 2. The topological polar surface area (TPSA) is 61.0 Å². The van der Waals surface area contributed by atoms with Crippen LogP contribution in [-0.2, 0) is 13.0 Å². The van der Waals surface area contributed by atoms with E-state index in [9.17, 15) is 4.79 Å². The van der Waals surface area contributed by atoms with Gasteiger partial charge in [-0.3, -0.25) is 0 Å². The van der Waals surface area contributed by atoms with Crippen molar-refractivity contribution in [1.29, 1.82) is 0 Å². The predicted octanol–water partition coefficient (Wildman–Crippen LogP) is 2.00. The number of H-pyrrole nitrogens is 1. The molecule has 0 spiro atoms. The van der Waals surface area contributed by atoms with Crippen LogP contribution in [-0.4, -0.2) is 27.4 Å². The van der Waals surface area contributed by atoms with Crippen molar-refractivity contribution in [3.05, 3.63) is 48.0 Å². The van der Waals surface area contributed by atoms with E-state index >= 15 is 0 Å². The molecule has 0 aliphatic carbocycles. The highest BCUT2D eigenvalue weighted by Gasteiger charge is 2.22. The second-order valence-corrected chi connectivity index (χ2v) is 4.30. The average molecular weight is 242 g/mol. The van der Waals surface area contributed by atoms with Gasteiger partial charge < -0.3 is 15.2 Å². The summed E-state index contributed by atoms with van der Waals surface area (Å²) < 4.78 is 0. The minimum atomic E-state index is -0.0681. The summed E-state index contributed by atoms with van der Waals surface area (Å²) in [5, 5.41) is 2.89. The highest BCUT2D eigenvalue weighted by Crippen LogP contribution is 2.16. The second-order valence-electron chi connectivity index (χ2n) is 4.30. The number of benzene rings is 1. The highest BCUT2D eigenvalue weighted by atomic mass is 16.2. The Labute approximate surface area is 105 Å². The van der Waals surface area contributed by atoms with Gasteiger partial charge in [0.05, 0.1) is 24.3 Å². The summed E-state index contributed by atoms with van der Waals surface area (Å²) in [6.07, 6.45) is 2.49. The number of para-hydroxylation sites is 1. The van der Waals surface area contributed by atoms with Gasteiger partial charge in [0.2, 0.25) is 0 Å². The van der Waals surface area contributed by atoms with Gasteiger partial charge in [0, 0.05) is 18.7 Å². The van der Waals surface area contributed by atoms with Crippen LogP contribution in [0.4, 0.5) is 10.5 Å². The first-order chi connectivity index (χ1) is 8.83. The molecule has 2 heterocycles. The highest BCUT2D eigenvalue weighted by molar-refractivity contribution is 5.89. The Morgan fingerprint density at radius 2 is 2.17 bits per heavy atom. The number of imidazole rings is 1. The zero-order valence-electron chi connectivity index (χ0n) is 9.89. The van der Waals surface area contributed by atoms with Crippen LogP contribution in [0.2, 0.25) is 0 Å². The first-order valence-electron chi connectivity index (χ1n) is 5.95. The van der Waals surface area contributed by atoms with Crippen molar-refractivity contribution in [2.75, 3.05) is 11.9 Å². The van der Waals surface area contributed by atoms with Crippen molar-refractivity contribution in [2.24, 2.45) is 0 Å². The Morgan fingerprint density at radius 1 is 1.33 bits per heavy atom. The van der Waals surface area contributed by atoms with Crippen LogP contribution >= 0.6 is 0 Å². The third kappa shape index (κ3) is 2.07. The van der Waals surface area contributed by atoms with Crippen molar-refractivity contribution >= 4 is 11.7 Å². The molecule has 1 aromatic carbocycles. The zero-order chi connectivity index (χ0) is 12.4. The van der Waals surface area contributed by atoms with Crippen molar-refractivity contribution in [2.45, 2.75) is 13.0 Å². The third-order valence-electron chi connectivity index (χ3n) is 3.09. The van der Waals surface area contributed by atoms with Gasteiger partial charge in [-0.15, -0.1) is 0 Å². The van der Waals surface area contributed by atoms with Gasteiger partial charge in [-0.1, -0.05) is 18.2 Å². The van der Waals surface area contributed by atoms with Crippen LogP contribution in [0, 0.1) is 0 Å². The average Bonchev–Trinajstić information content (AvgIpc) is 2.87. The summed E-state index contributed by atoms with van der Waals surface area (Å²) in [5.41, 5.74) is 2.92. The van der Waals surface area contributed by atoms with E-state index in [0.29, 0.717) is 13.1 Å². The molecule has 3 rings (SSSR count). The Morgan fingerprint density at radius 3 is 3.00 bits per heavy atom. The van der Waals surface area contributed by atoms with Gasteiger partial charge in [-0.25, -0.2) is 9.78 Å². The number of nitrogens with one attached hydrogen (secondary N) is 2. The monoisotopic (exact) mass is 242 g/mol. The Kier molecular flexibility index (Phi) is 2.72. The number of anilines is 1. The summed E-state index contributed by atoms with van der Waals surface area (Å²) in [7, 11) is 0. The normalized spacial score (nSPS) is 14.1. The summed E-state index contributed by atoms with van der Waals surface area (Å²) in [6, 6.07) is 9.42. The largest absolute Gasteiger partial charge is 0.347 e. The number of fused-ring (bicyclic) bond motifs is 1. The van der Waals surface area contributed by atoms with Gasteiger partial charge >= 0.3 is 6.03 Å². The lowest BCUT2D eigenvalue weighted by molar-refractivity contribution is 0.205. The van der Waals surface area contributed by atoms with E-state index in [1.54, 1.807) is 11.2 Å². The lowest BCUT2D eigenvalue weighted by Crippen LogP contribution is -2.38. The maximum Gasteiger partial charge on any atom is 0.322 e. The number of aromatic amines is 1. The molecule has 1 aliphatic heterocycles. The molecule has 2 N–H and O–H groups in total. The lowest BCUT2D eigenvalue weighted by Gasteiger charge is -2.26. The SMILES string of the molecule is O=C(Nc1ccccc1)N1CCc2nc[nH]c2C1. The first-order valence-corrected chi connectivity index (χ1v) is 5.95. The number of carbonyl (C=O) groups is 1. The Bertz CT molecular complexity index is 549. The van der Waals surface area contributed by atoms with E-state index in [-0.39, 0.29) is 6.03 Å². The van der Waals surface area contributed by atoms with Crippen LogP contribution in [0.5, 0.6) is 0 Å². The molecule has 1 aromatic heterocycles. The molecule has 0 bridgehead atoms. The smallest absolute Gasteiger partial charge is 0.322 e. The molecule has 2 amide bonds. The number of nitrogens with zero attached hydrogens (tertiary/aromatic N) is 2. The van der Waals surface area contributed by atoms with Crippen LogP contribution in [0.3, 0.4) is 0 Å². The van der Waals surface area contributed by atoms with E-state index in [1.165, 1.54) is 0 Å². The van der Waals surface area contributed by atoms with E-state index in [4.69, 9.17) is 0 Å². The molecule has 0 fully saturated rings. The summed E-state index contributed by atoms with van der Waals surface area (Å²) in [5.74, 6) is 0. The molecular weight excluding hydrogens is 228 g/mol. The second kappa shape index (κ2) is 4.52. The fourth-order valence-corrected chi connectivity index (χ4v) is 2.11.